The number of aliphatic hydroxyl groups is 1. The summed E-state index contributed by atoms with van der Waals surface area (Å²) in [6.45, 7) is 5.80. The minimum Gasteiger partial charge on any atom is -0.497 e. The molecule has 0 radical (unpaired) electrons. The number of benzene rings is 2. The van der Waals surface area contributed by atoms with Crippen LogP contribution in [-0.2, 0) is 16.1 Å². The highest BCUT2D eigenvalue weighted by atomic mass is 16.6. The van der Waals surface area contributed by atoms with Gasteiger partial charge >= 0.3 is 0 Å². The summed E-state index contributed by atoms with van der Waals surface area (Å²) in [5.41, 5.74) is 0.904. The van der Waals surface area contributed by atoms with Crippen LogP contribution in [0.15, 0.2) is 42.5 Å². The summed E-state index contributed by atoms with van der Waals surface area (Å²) in [6, 6.07) is 9.68. The van der Waals surface area contributed by atoms with Crippen molar-refractivity contribution in [3.8, 4) is 5.75 Å². The van der Waals surface area contributed by atoms with Gasteiger partial charge in [0.1, 0.15) is 17.8 Å². The number of nitro benzene ring substituents is 1. The normalized spacial score (nSPS) is 21.7. The first kappa shape index (κ1) is 24.5. The minimum absolute atomic E-state index is 0.105. The molecule has 10 heteroatoms. The van der Waals surface area contributed by atoms with E-state index in [1.807, 2.05) is 32.9 Å². The first-order valence-corrected chi connectivity index (χ1v) is 11.5. The number of fused-ring (bicyclic) bond motifs is 3. The van der Waals surface area contributed by atoms with Crippen LogP contribution in [0.3, 0.4) is 0 Å². The fourth-order valence-corrected chi connectivity index (χ4v) is 4.75. The van der Waals surface area contributed by atoms with Crippen LogP contribution in [0.2, 0.25) is 0 Å². The molecule has 2 aliphatic rings. The van der Waals surface area contributed by atoms with Gasteiger partial charge in [0.2, 0.25) is 11.8 Å². The van der Waals surface area contributed by atoms with E-state index in [1.54, 1.807) is 30.2 Å². The van der Waals surface area contributed by atoms with E-state index in [-0.39, 0.29) is 31.1 Å². The molecule has 1 unspecified atom stereocenters. The van der Waals surface area contributed by atoms with Gasteiger partial charge in [-0.05, 0) is 44.5 Å². The van der Waals surface area contributed by atoms with Gasteiger partial charge in [0.05, 0.1) is 18.1 Å². The van der Waals surface area contributed by atoms with Crippen LogP contribution in [0, 0.1) is 10.1 Å². The van der Waals surface area contributed by atoms with Gasteiger partial charge in [-0.25, -0.2) is 0 Å². The fourth-order valence-electron chi connectivity index (χ4n) is 4.75. The van der Waals surface area contributed by atoms with E-state index >= 15 is 0 Å². The maximum absolute atomic E-state index is 13.9. The SMILES string of the molecule is COc1ccc(CN2C(=O)[C@@H]3C[C@@H](O)CN3c3ccc([N+](=O)[O-])cc3C2C(=O)NC(C)(C)C)cc1. The summed E-state index contributed by atoms with van der Waals surface area (Å²) in [5.74, 6) is -0.0860. The third kappa shape index (κ3) is 4.93. The van der Waals surface area contributed by atoms with Gasteiger partial charge in [-0.2, -0.15) is 0 Å². The van der Waals surface area contributed by atoms with Crippen molar-refractivity contribution in [2.45, 2.75) is 57.5 Å². The van der Waals surface area contributed by atoms with Crippen LogP contribution in [0.25, 0.3) is 0 Å². The molecule has 35 heavy (non-hydrogen) atoms. The maximum atomic E-state index is 13.9. The van der Waals surface area contributed by atoms with Gasteiger partial charge < -0.3 is 25.0 Å². The second kappa shape index (κ2) is 9.18. The first-order valence-electron chi connectivity index (χ1n) is 11.5. The Morgan fingerprint density at radius 2 is 1.91 bits per heavy atom. The van der Waals surface area contributed by atoms with E-state index in [0.29, 0.717) is 17.0 Å². The molecule has 4 rings (SSSR count). The van der Waals surface area contributed by atoms with E-state index in [4.69, 9.17) is 4.74 Å². The Hall–Kier alpha value is -3.66. The fraction of sp³-hybridized carbons (Fsp3) is 0.440. The number of non-ortho nitro benzene ring substituents is 1. The van der Waals surface area contributed by atoms with Crippen molar-refractivity contribution in [3.63, 3.8) is 0 Å². The zero-order valence-electron chi connectivity index (χ0n) is 20.2. The van der Waals surface area contributed by atoms with E-state index in [9.17, 15) is 24.8 Å². The Morgan fingerprint density at radius 3 is 2.51 bits per heavy atom. The topological polar surface area (TPSA) is 125 Å². The van der Waals surface area contributed by atoms with Crippen molar-refractivity contribution in [1.82, 2.24) is 10.2 Å². The summed E-state index contributed by atoms with van der Waals surface area (Å²) in [6.07, 6.45) is -0.517. The average molecular weight is 483 g/mol. The molecule has 2 aromatic rings. The maximum Gasteiger partial charge on any atom is 0.269 e. The Morgan fingerprint density at radius 1 is 1.23 bits per heavy atom. The lowest BCUT2D eigenvalue weighted by Crippen LogP contribution is -2.50. The number of rotatable bonds is 5. The molecule has 2 heterocycles. The summed E-state index contributed by atoms with van der Waals surface area (Å²) < 4.78 is 5.22. The van der Waals surface area contributed by atoms with Crippen molar-refractivity contribution >= 4 is 23.2 Å². The van der Waals surface area contributed by atoms with E-state index < -0.39 is 34.6 Å². The van der Waals surface area contributed by atoms with Crippen LogP contribution in [-0.4, -0.2) is 58.1 Å². The molecule has 3 atom stereocenters. The van der Waals surface area contributed by atoms with Crippen LogP contribution in [0.4, 0.5) is 11.4 Å². The van der Waals surface area contributed by atoms with Gasteiger partial charge in [0.15, 0.2) is 0 Å². The van der Waals surface area contributed by atoms with Gasteiger partial charge in [-0.3, -0.25) is 19.7 Å². The molecular weight excluding hydrogens is 452 g/mol. The average Bonchev–Trinajstić information content (AvgIpc) is 3.15. The van der Waals surface area contributed by atoms with Gasteiger partial charge in [0, 0.05) is 48.4 Å². The molecule has 0 spiro atoms. The molecule has 0 aromatic heterocycles. The van der Waals surface area contributed by atoms with Gasteiger partial charge in [0.25, 0.3) is 5.69 Å². The smallest absolute Gasteiger partial charge is 0.269 e. The Bertz CT molecular complexity index is 1140. The van der Waals surface area contributed by atoms with Crippen molar-refractivity contribution in [2.75, 3.05) is 18.6 Å². The quantitative estimate of drug-likeness (QED) is 0.496. The molecule has 0 saturated carbocycles. The van der Waals surface area contributed by atoms with Gasteiger partial charge in [-0.15, -0.1) is 0 Å². The number of nitrogens with zero attached hydrogens (tertiary/aromatic N) is 3. The summed E-state index contributed by atoms with van der Waals surface area (Å²) in [7, 11) is 1.56. The van der Waals surface area contributed by atoms with Crippen molar-refractivity contribution in [1.29, 1.82) is 0 Å². The second-order valence-corrected chi connectivity index (χ2v) is 10.0. The number of aliphatic hydroxyl groups excluding tert-OH is 1. The number of methoxy groups -OCH3 is 1. The third-order valence-electron chi connectivity index (χ3n) is 6.24. The second-order valence-electron chi connectivity index (χ2n) is 10.0. The van der Waals surface area contributed by atoms with E-state index in [1.165, 1.54) is 17.0 Å². The minimum atomic E-state index is -1.10. The van der Waals surface area contributed by atoms with Crippen LogP contribution in [0.1, 0.15) is 44.4 Å². The first-order chi connectivity index (χ1) is 16.5. The highest BCUT2D eigenvalue weighted by Gasteiger charge is 2.47. The molecule has 0 aliphatic carbocycles. The van der Waals surface area contributed by atoms with Crippen LogP contribution < -0.4 is 15.0 Å². The van der Waals surface area contributed by atoms with E-state index in [0.717, 1.165) is 5.56 Å². The molecule has 2 aromatic carbocycles. The monoisotopic (exact) mass is 482 g/mol. The van der Waals surface area contributed by atoms with Crippen LogP contribution in [0.5, 0.6) is 5.75 Å². The molecule has 186 valence electrons. The number of ether oxygens (including phenoxy) is 1. The van der Waals surface area contributed by atoms with Crippen LogP contribution >= 0.6 is 0 Å². The number of nitrogens with one attached hydrogen (secondary N) is 1. The summed E-state index contributed by atoms with van der Waals surface area (Å²) in [5, 5.41) is 24.9. The molecule has 2 N–H and O–H groups in total. The Balaban J connectivity index is 1.88. The Kier molecular flexibility index (Phi) is 6.42. The van der Waals surface area contributed by atoms with Crippen molar-refractivity contribution in [2.24, 2.45) is 0 Å². The number of carbonyl (C=O) groups is 2. The lowest BCUT2D eigenvalue weighted by atomic mass is 9.98. The molecule has 2 aliphatic heterocycles. The third-order valence-corrected chi connectivity index (χ3v) is 6.24. The van der Waals surface area contributed by atoms with Crippen molar-refractivity contribution in [3.05, 3.63) is 63.7 Å². The standard InChI is InChI=1S/C25H30N4O6/c1-25(2,3)26-23(31)22-19-11-16(29(33)34)7-10-20(19)27-14-17(30)12-21(27)24(32)28(22)13-15-5-8-18(35-4)9-6-15/h5-11,17,21-22,30H,12-14H2,1-4H3,(H,26,31)/t17-,21+,22?/m1/s1. The Labute approximate surface area is 203 Å². The molecule has 1 saturated heterocycles. The predicted molar refractivity (Wildman–Crippen MR) is 129 cm³/mol. The number of amides is 2. The van der Waals surface area contributed by atoms with Gasteiger partial charge in [-0.1, -0.05) is 12.1 Å². The van der Waals surface area contributed by atoms with E-state index in [2.05, 4.69) is 5.32 Å². The van der Waals surface area contributed by atoms with Crippen molar-refractivity contribution < 1.29 is 24.4 Å². The predicted octanol–water partition coefficient (Wildman–Crippen LogP) is 2.54. The number of carbonyl (C=O) groups excluding carboxylic acids is 2. The number of anilines is 1. The molecule has 2 amide bonds. The summed E-state index contributed by atoms with van der Waals surface area (Å²) >= 11 is 0. The zero-order chi connectivity index (χ0) is 25.5. The zero-order valence-corrected chi connectivity index (χ0v) is 20.2. The molecule has 0 bridgehead atoms. The number of hydrogen-bond donors (Lipinski definition) is 2. The lowest BCUT2D eigenvalue weighted by Gasteiger charge is -2.33. The largest absolute Gasteiger partial charge is 0.497 e. The number of nitro groups is 1. The molecule has 1 fully saturated rings. The highest BCUT2D eigenvalue weighted by Crippen LogP contribution is 2.42. The summed E-state index contributed by atoms with van der Waals surface area (Å²) in [4.78, 5) is 41.9. The molecular formula is C25H30N4O6. The lowest BCUT2D eigenvalue weighted by molar-refractivity contribution is -0.384. The number of hydrogen-bond acceptors (Lipinski definition) is 7. The molecule has 10 nitrogen and oxygen atoms in total. The highest BCUT2D eigenvalue weighted by molar-refractivity contribution is 5.96.